The van der Waals surface area contributed by atoms with Crippen molar-refractivity contribution in [3.63, 3.8) is 0 Å². The van der Waals surface area contributed by atoms with Crippen LogP contribution in [0.4, 0.5) is 5.69 Å². The zero-order valence-electron chi connectivity index (χ0n) is 11.5. The number of piperidine rings is 1. The van der Waals surface area contributed by atoms with Crippen molar-refractivity contribution in [2.75, 3.05) is 31.2 Å². The van der Waals surface area contributed by atoms with Gasteiger partial charge in [-0.1, -0.05) is 25.5 Å². The molecule has 3 heteroatoms. The molecular formula is C15H24N2S. The van der Waals surface area contributed by atoms with Crippen molar-refractivity contribution in [1.82, 2.24) is 4.90 Å². The number of para-hydroxylation sites is 1. The summed E-state index contributed by atoms with van der Waals surface area (Å²) in [7, 11) is 2.25. The fourth-order valence-electron chi connectivity index (χ4n) is 2.52. The summed E-state index contributed by atoms with van der Waals surface area (Å²) in [5, 5.41) is 3.64. The van der Waals surface area contributed by atoms with Gasteiger partial charge in [-0.2, -0.15) is 0 Å². The van der Waals surface area contributed by atoms with Gasteiger partial charge in [-0.05, 0) is 44.3 Å². The Morgan fingerprint density at radius 1 is 1.33 bits per heavy atom. The van der Waals surface area contributed by atoms with Crippen LogP contribution in [-0.2, 0) is 0 Å². The van der Waals surface area contributed by atoms with Crippen LogP contribution in [0.1, 0.15) is 26.2 Å². The third-order valence-electron chi connectivity index (χ3n) is 3.64. The zero-order valence-corrected chi connectivity index (χ0v) is 12.3. The molecule has 0 aliphatic carbocycles. The molecule has 1 aliphatic heterocycles. The standard InChI is InChI=1S/C15H24N2S/c1-3-18-15-10-5-4-9-14(15)16-12-13-8-6-7-11-17(13)2/h4-5,9-10,13,16H,3,6-8,11-12H2,1-2H3. The maximum Gasteiger partial charge on any atom is 0.0478 e. The second-order valence-corrected chi connectivity index (χ2v) is 6.25. The van der Waals surface area contributed by atoms with Crippen molar-refractivity contribution in [3.8, 4) is 0 Å². The van der Waals surface area contributed by atoms with Crippen LogP contribution < -0.4 is 5.32 Å². The molecule has 1 heterocycles. The molecule has 1 fully saturated rings. The van der Waals surface area contributed by atoms with E-state index < -0.39 is 0 Å². The number of rotatable bonds is 5. The summed E-state index contributed by atoms with van der Waals surface area (Å²) in [6, 6.07) is 9.34. The van der Waals surface area contributed by atoms with Crippen LogP contribution in [-0.4, -0.2) is 36.8 Å². The summed E-state index contributed by atoms with van der Waals surface area (Å²) in [4.78, 5) is 3.87. The van der Waals surface area contributed by atoms with E-state index in [0.29, 0.717) is 6.04 Å². The molecular weight excluding hydrogens is 240 g/mol. The monoisotopic (exact) mass is 264 g/mol. The smallest absolute Gasteiger partial charge is 0.0478 e. The Balaban J connectivity index is 1.92. The normalized spacial score (nSPS) is 20.9. The summed E-state index contributed by atoms with van der Waals surface area (Å²) < 4.78 is 0. The molecule has 1 atom stereocenters. The Kier molecular flexibility index (Phi) is 5.39. The Morgan fingerprint density at radius 3 is 2.94 bits per heavy atom. The number of benzene rings is 1. The largest absolute Gasteiger partial charge is 0.383 e. The Hall–Kier alpha value is -0.670. The molecule has 100 valence electrons. The molecule has 1 saturated heterocycles. The van der Waals surface area contributed by atoms with Gasteiger partial charge in [0.15, 0.2) is 0 Å². The minimum atomic E-state index is 0.693. The number of anilines is 1. The van der Waals surface area contributed by atoms with Crippen LogP contribution in [0.3, 0.4) is 0 Å². The first-order valence-corrected chi connectivity index (χ1v) is 7.95. The highest BCUT2D eigenvalue weighted by Crippen LogP contribution is 2.27. The average molecular weight is 264 g/mol. The second-order valence-electron chi connectivity index (χ2n) is 4.94. The first kappa shape index (κ1) is 13.8. The lowest BCUT2D eigenvalue weighted by Gasteiger charge is -2.33. The van der Waals surface area contributed by atoms with E-state index >= 15 is 0 Å². The molecule has 0 amide bonds. The SMILES string of the molecule is CCSc1ccccc1NCC1CCCCN1C. The summed E-state index contributed by atoms with van der Waals surface area (Å²) in [6.07, 6.45) is 4.06. The number of likely N-dealkylation sites (N-methyl/N-ethyl adjacent to an activating group) is 1. The highest BCUT2D eigenvalue weighted by molar-refractivity contribution is 7.99. The predicted molar refractivity (Wildman–Crippen MR) is 81.6 cm³/mol. The van der Waals surface area contributed by atoms with Gasteiger partial charge in [0.05, 0.1) is 0 Å². The predicted octanol–water partition coefficient (Wildman–Crippen LogP) is 3.69. The fourth-order valence-corrected chi connectivity index (χ4v) is 3.31. The van der Waals surface area contributed by atoms with Crippen molar-refractivity contribution in [1.29, 1.82) is 0 Å². The van der Waals surface area contributed by atoms with Gasteiger partial charge in [0.1, 0.15) is 0 Å². The number of nitrogens with one attached hydrogen (secondary N) is 1. The Morgan fingerprint density at radius 2 is 2.17 bits per heavy atom. The maximum atomic E-state index is 3.64. The number of nitrogens with zero attached hydrogens (tertiary/aromatic N) is 1. The molecule has 0 radical (unpaired) electrons. The Labute approximate surface area is 115 Å². The highest BCUT2D eigenvalue weighted by Gasteiger charge is 2.18. The lowest BCUT2D eigenvalue weighted by molar-refractivity contribution is 0.194. The summed E-state index contributed by atoms with van der Waals surface area (Å²) >= 11 is 1.91. The van der Waals surface area contributed by atoms with Gasteiger partial charge >= 0.3 is 0 Å². The highest BCUT2D eigenvalue weighted by atomic mass is 32.2. The van der Waals surface area contributed by atoms with Crippen molar-refractivity contribution < 1.29 is 0 Å². The van der Waals surface area contributed by atoms with E-state index in [1.807, 2.05) is 11.8 Å². The summed E-state index contributed by atoms with van der Waals surface area (Å²) in [6.45, 7) is 4.52. The topological polar surface area (TPSA) is 15.3 Å². The van der Waals surface area contributed by atoms with E-state index in [1.165, 1.54) is 36.4 Å². The molecule has 0 spiro atoms. The van der Waals surface area contributed by atoms with Crippen LogP contribution >= 0.6 is 11.8 Å². The van der Waals surface area contributed by atoms with Gasteiger partial charge in [0.2, 0.25) is 0 Å². The third-order valence-corrected chi connectivity index (χ3v) is 4.59. The van der Waals surface area contributed by atoms with Crippen molar-refractivity contribution in [2.24, 2.45) is 0 Å². The van der Waals surface area contributed by atoms with E-state index in [4.69, 9.17) is 0 Å². The number of hydrogen-bond acceptors (Lipinski definition) is 3. The van der Waals surface area contributed by atoms with Crippen molar-refractivity contribution in [2.45, 2.75) is 37.1 Å². The van der Waals surface area contributed by atoms with E-state index in [2.05, 4.69) is 48.5 Å². The van der Waals surface area contributed by atoms with Gasteiger partial charge in [-0.15, -0.1) is 11.8 Å². The van der Waals surface area contributed by atoms with Gasteiger partial charge < -0.3 is 10.2 Å². The van der Waals surface area contributed by atoms with Gasteiger partial charge in [-0.25, -0.2) is 0 Å². The number of thioether (sulfide) groups is 1. The zero-order chi connectivity index (χ0) is 12.8. The maximum absolute atomic E-state index is 3.64. The quantitative estimate of drug-likeness (QED) is 0.817. The summed E-state index contributed by atoms with van der Waals surface area (Å²) in [5.74, 6) is 1.13. The van der Waals surface area contributed by atoms with Crippen LogP contribution in [0.25, 0.3) is 0 Å². The average Bonchev–Trinajstić information content (AvgIpc) is 2.40. The van der Waals surface area contributed by atoms with Gasteiger partial charge in [0.25, 0.3) is 0 Å². The lowest BCUT2D eigenvalue weighted by Crippen LogP contribution is -2.40. The summed E-state index contributed by atoms with van der Waals surface area (Å²) in [5.41, 5.74) is 1.29. The minimum Gasteiger partial charge on any atom is -0.383 e. The minimum absolute atomic E-state index is 0.693. The van der Waals surface area contributed by atoms with Crippen LogP contribution in [0.15, 0.2) is 29.2 Å². The second kappa shape index (κ2) is 7.05. The third kappa shape index (κ3) is 3.66. The van der Waals surface area contributed by atoms with Crippen molar-refractivity contribution in [3.05, 3.63) is 24.3 Å². The molecule has 2 nitrogen and oxygen atoms in total. The van der Waals surface area contributed by atoms with Crippen LogP contribution in [0, 0.1) is 0 Å². The fraction of sp³-hybridized carbons (Fsp3) is 0.600. The molecule has 0 bridgehead atoms. The van der Waals surface area contributed by atoms with E-state index in [0.717, 1.165) is 12.3 Å². The Bertz CT molecular complexity index is 367. The molecule has 18 heavy (non-hydrogen) atoms. The number of hydrogen-bond donors (Lipinski definition) is 1. The molecule has 1 aliphatic rings. The van der Waals surface area contributed by atoms with Crippen molar-refractivity contribution >= 4 is 17.4 Å². The molecule has 1 aromatic carbocycles. The molecule has 1 N–H and O–H groups in total. The van der Waals surface area contributed by atoms with Crippen LogP contribution in [0.2, 0.25) is 0 Å². The molecule has 2 rings (SSSR count). The van der Waals surface area contributed by atoms with E-state index in [-0.39, 0.29) is 0 Å². The first-order valence-electron chi connectivity index (χ1n) is 6.97. The van der Waals surface area contributed by atoms with Gasteiger partial charge in [-0.3, -0.25) is 0 Å². The van der Waals surface area contributed by atoms with E-state index in [9.17, 15) is 0 Å². The molecule has 1 unspecified atom stereocenters. The molecule has 0 aromatic heterocycles. The van der Waals surface area contributed by atoms with Gasteiger partial charge in [0, 0.05) is 23.2 Å². The lowest BCUT2D eigenvalue weighted by atomic mass is 10.0. The molecule has 0 saturated carbocycles. The van der Waals surface area contributed by atoms with Crippen LogP contribution in [0.5, 0.6) is 0 Å². The van der Waals surface area contributed by atoms with E-state index in [1.54, 1.807) is 0 Å². The first-order chi connectivity index (χ1) is 8.81. The molecule has 1 aromatic rings. The number of likely N-dealkylation sites (tertiary alicyclic amines) is 1.